The quantitative estimate of drug-likeness (QED) is 0.659. The number of rotatable bonds is 3. The first kappa shape index (κ1) is 14.0. The number of benzene rings is 1. The van der Waals surface area contributed by atoms with Crippen molar-refractivity contribution in [2.75, 3.05) is 11.9 Å². The molecule has 1 aliphatic heterocycles. The molecule has 0 unspecified atom stereocenters. The maximum Gasteiger partial charge on any atom is 0.293 e. The highest BCUT2D eigenvalue weighted by Gasteiger charge is 2.23. The monoisotopic (exact) mass is 327 g/mol. The first-order valence-electron chi connectivity index (χ1n) is 6.06. The fourth-order valence-corrected chi connectivity index (χ4v) is 2.41. The summed E-state index contributed by atoms with van der Waals surface area (Å²) in [5.74, 6) is -0.217. The Morgan fingerprint density at radius 2 is 2.26 bits per heavy atom. The van der Waals surface area contributed by atoms with E-state index in [1.54, 1.807) is 6.07 Å². The predicted molar refractivity (Wildman–Crippen MR) is 75.1 cm³/mol. The van der Waals surface area contributed by atoms with Gasteiger partial charge >= 0.3 is 0 Å². The fraction of sp³-hybridized carbons (Fsp3) is 0.417. The van der Waals surface area contributed by atoms with E-state index in [0.717, 1.165) is 25.8 Å². The molecule has 19 heavy (non-hydrogen) atoms. The summed E-state index contributed by atoms with van der Waals surface area (Å²) >= 11 is 3.18. The molecule has 0 radical (unpaired) electrons. The Balaban J connectivity index is 2.13. The van der Waals surface area contributed by atoms with E-state index in [9.17, 15) is 14.9 Å². The van der Waals surface area contributed by atoms with E-state index < -0.39 is 4.92 Å². The number of nitrogens with zero attached hydrogens (tertiary/aromatic N) is 1. The number of hydrogen-bond acceptors (Lipinski definition) is 4. The van der Waals surface area contributed by atoms with Crippen LogP contribution in [0.2, 0.25) is 0 Å². The van der Waals surface area contributed by atoms with Gasteiger partial charge in [-0.05, 0) is 31.5 Å². The number of carbonyl (C=O) groups excluding carboxylic acids is 1. The molecule has 1 atom stereocenters. The van der Waals surface area contributed by atoms with Gasteiger partial charge in [-0.2, -0.15) is 0 Å². The summed E-state index contributed by atoms with van der Waals surface area (Å²) in [6.45, 7) is 0.806. The molecule has 0 aromatic heterocycles. The number of nitrogens with one attached hydrogen (secondary N) is 2. The van der Waals surface area contributed by atoms with Crippen LogP contribution in [0.1, 0.15) is 19.3 Å². The largest absolute Gasteiger partial charge is 0.319 e. The summed E-state index contributed by atoms with van der Waals surface area (Å²) in [4.78, 5) is 22.5. The molecule has 102 valence electrons. The highest BCUT2D eigenvalue weighted by Crippen LogP contribution is 2.28. The van der Waals surface area contributed by atoms with Crippen molar-refractivity contribution in [1.82, 2.24) is 5.32 Å². The number of carbonyl (C=O) groups is 1. The third-order valence-corrected chi connectivity index (χ3v) is 3.53. The summed E-state index contributed by atoms with van der Waals surface area (Å²) in [7, 11) is 0. The normalized spacial score (nSPS) is 18.9. The van der Waals surface area contributed by atoms with Gasteiger partial charge in [0.25, 0.3) is 5.69 Å². The number of nitro groups is 1. The Hall–Kier alpha value is -1.47. The Kier molecular flexibility index (Phi) is 4.49. The maximum absolute atomic E-state index is 12.0. The van der Waals surface area contributed by atoms with Gasteiger partial charge < -0.3 is 10.6 Å². The average Bonchev–Trinajstić information content (AvgIpc) is 2.41. The molecule has 2 N–H and O–H groups in total. The van der Waals surface area contributed by atoms with Gasteiger partial charge in [-0.25, -0.2) is 0 Å². The van der Waals surface area contributed by atoms with Crippen molar-refractivity contribution in [1.29, 1.82) is 0 Å². The Morgan fingerprint density at radius 1 is 1.47 bits per heavy atom. The molecule has 0 bridgehead atoms. The number of nitro benzene ring substituents is 1. The highest BCUT2D eigenvalue weighted by molar-refractivity contribution is 9.10. The minimum atomic E-state index is -0.505. The number of hydrogen-bond donors (Lipinski definition) is 2. The summed E-state index contributed by atoms with van der Waals surface area (Å²) < 4.78 is 0.605. The zero-order valence-electron chi connectivity index (χ0n) is 10.2. The van der Waals surface area contributed by atoms with E-state index in [-0.39, 0.29) is 23.3 Å². The molecule has 0 spiro atoms. The summed E-state index contributed by atoms with van der Waals surface area (Å²) in [5.41, 5.74) is 0.115. The van der Waals surface area contributed by atoms with E-state index >= 15 is 0 Å². The lowest BCUT2D eigenvalue weighted by Crippen LogP contribution is -2.43. The van der Waals surface area contributed by atoms with Gasteiger partial charge in [-0.3, -0.25) is 14.9 Å². The van der Waals surface area contributed by atoms with Gasteiger partial charge in [-0.1, -0.05) is 22.4 Å². The van der Waals surface area contributed by atoms with Crippen LogP contribution in [0.5, 0.6) is 0 Å². The Bertz CT molecular complexity index is 501. The first-order chi connectivity index (χ1) is 9.08. The van der Waals surface area contributed by atoms with Crippen LogP contribution in [0.15, 0.2) is 22.7 Å². The fourth-order valence-electron chi connectivity index (χ4n) is 2.06. The first-order valence-corrected chi connectivity index (χ1v) is 6.85. The summed E-state index contributed by atoms with van der Waals surface area (Å²) in [6.07, 6.45) is 2.81. The van der Waals surface area contributed by atoms with Gasteiger partial charge in [0.2, 0.25) is 5.91 Å². The highest BCUT2D eigenvalue weighted by atomic mass is 79.9. The molecule has 1 amide bonds. The van der Waals surface area contributed by atoms with E-state index in [1.165, 1.54) is 12.1 Å². The molecule has 1 aromatic rings. The third kappa shape index (κ3) is 3.51. The Labute approximate surface area is 118 Å². The maximum atomic E-state index is 12.0. The lowest BCUT2D eigenvalue weighted by molar-refractivity contribution is -0.384. The van der Waals surface area contributed by atoms with Gasteiger partial charge in [0, 0.05) is 10.5 Å². The molecule has 0 aliphatic carbocycles. The third-order valence-electron chi connectivity index (χ3n) is 3.04. The predicted octanol–water partition coefficient (Wildman–Crippen LogP) is 2.44. The zero-order chi connectivity index (χ0) is 13.8. The van der Waals surface area contributed by atoms with Gasteiger partial charge in [0.05, 0.1) is 11.0 Å². The molecule has 1 aliphatic rings. The van der Waals surface area contributed by atoms with Gasteiger partial charge in [0.1, 0.15) is 5.69 Å². The van der Waals surface area contributed by atoms with Crippen molar-refractivity contribution in [3.05, 3.63) is 32.8 Å². The van der Waals surface area contributed by atoms with Crippen molar-refractivity contribution in [2.45, 2.75) is 25.3 Å². The molecule has 1 heterocycles. The number of anilines is 1. The van der Waals surface area contributed by atoms with Gasteiger partial charge in [0.15, 0.2) is 0 Å². The SMILES string of the molecule is O=C(Nc1ccc(Br)cc1[N+](=O)[O-])[C@@H]1CCCCN1. The van der Waals surface area contributed by atoms with Crippen molar-refractivity contribution < 1.29 is 9.72 Å². The molecule has 6 nitrogen and oxygen atoms in total. The number of piperidine rings is 1. The second-order valence-corrected chi connectivity index (χ2v) is 5.33. The van der Waals surface area contributed by atoms with E-state index in [1.807, 2.05) is 0 Å². The van der Waals surface area contributed by atoms with Gasteiger partial charge in [-0.15, -0.1) is 0 Å². The van der Waals surface area contributed by atoms with Crippen LogP contribution >= 0.6 is 15.9 Å². The van der Waals surface area contributed by atoms with Crippen LogP contribution in [0.3, 0.4) is 0 Å². The number of amides is 1. The smallest absolute Gasteiger partial charge is 0.293 e. The zero-order valence-corrected chi connectivity index (χ0v) is 11.8. The molecule has 0 saturated carbocycles. The molecule has 1 saturated heterocycles. The lowest BCUT2D eigenvalue weighted by atomic mass is 10.0. The van der Waals surface area contributed by atoms with Crippen molar-refractivity contribution in [2.24, 2.45) is 0 Å². The average molecular weight is 328 g/mol. The molecule has 2 rings (SSSR count). The van der Waals surface area contributed by atoms with Crippen LogP contribution in [-0.2, 0) is 4.79 Å². The van der Waals surface area contributed by atoms with E-state index in [2.05, 4.69) is 26.6 Å². The topological polar surface area (TPSA) is 84.3 Å². The molecule has 1 aromatic carbocycles. The Morgan fingerprint density at radius 3 is 2.89 bits per heavy atom. The number of halogens is 1. The molecule has 1 fully saturated rings. The van der Waals surface area contributed by atoms with Crippen LogP contribution in [0.25, 0.3) is 0 Å². The minimum absolute atomic E-state index is 0.112. The minimum Gasteiger partial charge on any atom is -0.319 e. The second-order valence-electron chi connectivity index (χ2n) is 4.41. The van der Waals surface area contributed by atoms with Crippen molar-refractivity contribution in [3.8, 4) is 0 Å². The van der Waals surface area contributed by atoms with Crippen molar-refractivity contribution in [3.63, 3.8) is 0 Å². The van der Waals surface area contributed by atoms with Crippen LogP contribution in [0.4, 0.5) is 11.4 Å². The van der Waals surface area contributed by atoms with E-state index in [4.69, 9.17) is 0 Å². The van der Waals surface area contributed by atoms with Crippen LogP contribution in [-0.4, -0.2) is 23.4 Å². The van der Waals surface area contributed by atoms with Crippen LogP contribution in [0, 0.1) is 10.1 Å². The molecular weight excluding hydrogens is 314 g/mol. The summed E-state index contributed by atoms with van der Waals surface area (Å²) in [5, 5.41) is 16.7. The molecular formula is C12H14BrN3O3. The summed E-state index contributed by atoms with van der Waals surface area (Å²) in [6, 6.07) is 4.31. The molecule has 7 heteroatoms. The van der Waals surface area contributed by atoms with Crippen molar-refractivity contribution >= 4 is 33.2 Å². The standard InChI is InChI=1S/C12H14BrN3O3/c13-8-4-5-9(11(7-8)16(18)19)15-12(17)10-3-1-2-6-14-10/h4-5,7,10,14H,1-3,6H2,(H,15,17)/t10-/m0/s1. The van der Waals surface area contributed by atoms with Crippen LogP contribution < -0.4 is 10.6 Å². The van der Waals surface area contributed by atoms with E-state index in [0.29, 0.717) is 4.47 Å². The lowest BCUT2D eigenvalue weighted by Gasteiger charge is -2.22. The second kappa shape index (κ2) is 6.12.